The molecule has 0 bridgehead atoms. The molecule has 142 valence electrons. The minimum absolute atomic E-state index is 0. The van der Waals surface area contributed by atoms with Crippen molar-refractivity contribution < 1.29 is 19.5 Å². The van der Waals surface area contributed by atoms with E-state index < -0.39 is 11.6 Å². The monoisotopic (exact) mass is 374 g/mol. The normalized spacial score (nSPS) is 28.4. The van der Waals surface area contributed by atoms with E-state index in [4.69, 9.17) is 0 Å². The molecule has 3 aliphatic rings. The first-order valence-corrected chi connectivity index (χ1v) is 8.71. The van der Waals surface area contributed by atoms with Crippen molar-refractivity contribution in [2.24, 2.45) is 5.92 Å². The number of halogens is 1. The highest BCUT2D eigenvalue weighted by Gasteiger charge is 2.55. The molecule has 1 aliphatic carbocycles. The zero-order chi connectivity index (χ0) is 17.3. The molecule has 9 heteroatoms. The summed E-state index contributed by atoms with van der Waals surface area (Å²) in [6, 6.07) is -0.389. The molecular formula is C16H27ClN4O4. The maximum absolute atomic E-state index is 12.8. The molecule has 0 aromatic rings. The fraction of sp³-hybridized carbons (Fsp3) is 0.812. The molecule has 2 unspecified atom stereocenters. The van der Waals surface area contributed by atoms with Crippen LogP contribution in [0.5, 0.6) is 0 Å². The van der Waals surface area contributed by atoms with Gasteiger partial charge in [-0.1, -0.05) is 19.3 Å². The minimum Gasteiger partial charge on any atom is -0.391 e. The SMILES string of the molecule is CN1C(=O)N(CC(=O)NCC2CNCC2O)C(=O)C12CCCCC2.Cl. The molecule has 3 rings (SSSR count). The van der Waals surface area contributed by atoms with Crippen molar-refractivity contribution in [3.8, 4) is 0 Å². The van der Waals surface area contributed by atoms with Crippen LogP contribution < -0.4 is 10.6 Å². The van der Waals surface area contributed by atoms with Crippen LogP contribution >= 0.6 is 12.4 Å². The van der Waals surface area contributed by atoms with Gasteiger partial charge in [0, 0.05) is 32.6 Å². The lowest BCUT2D eigenvalue weighted by Crippen LogP contribution is -2.49. The van der Waals surface area contributed by atoms with Crippen molar-refractivity contribution in [2.45, 2.75) is 43.7 Å². The maximum atomic E-state index is 12.8. The minimum atomic E-state index is -0.749. The number of hydrogen-bond acceptors (Lipinski definition) is 5. The van der Waals surface area contributed by atoms with Crippen molar-refractivity contribution in [1.82, 2.24) is 20.4 Å². The van der Waals surface area contributed by atoms with Crippen LogP contribution in [0.3, 0.4) is 0 Å². The van der Waals surface area contributed by atoms with Gasteiger partial charge in [0.15, 0.2) is 0 Å². The van der Waals surface area contributed by atoms with Crippen molar-refractivity contribution in [3.05, 3.63) is 0 Å². The number of nitrogens with zero attached hydrogens (tertiary/aromatic N) is 2. The molecule has 0 aromatic carbocycles. The smallest absolute Gasteiger partial charge is 0.327 e. The van der Waals surface area contributed by atoms with Crippen LogP contribution in [0.25, 0.3) is 0 Å². The molecule has 3 fully saturated rings. The van der Waals surface area contributed by atoms with E-state index in [1.807, 2.05) is 0 Å². The number of β-amino-alcohol motifs (C(OH)–C–C–N with tert-alkyl or cyclic N) is 1. The van der Waals surface area contributed by atoms with Crippen molar-refractivity contribution in [1.29, 1.82) is 0 Å². The number of carbonyl (C=O) groups is 3. The van der Waals surface area contributed by atoms with Gasteiger partial charge in [0.05, 0.1) is 6.10 Å². The number of hydrogen-bond donors (Lipinski definition) is 3. The Kier molecular flexibility index (Phi) is 6.29. The van der Waals surface area contributed by atoms with Crippen LogP contribution in [0.2, 0.25) is 0 Å². The number of imide groups is 1. The first-order valence-electron chi connectivity index (χ1n) is 8.71. The fourth-order valence-corrected chi connectivity index (χ4v) is 4.04. The predicted molar refractivity (Wildman–Crippen MR) is 93.3 cm³/mol. The Morgan fingerprint density at radius 3 is 2.56 bits per heavy atom. The number of likely N-dealkylation sites (N-methyl/N-ethyl adjacent to an activating group) is 1. The van der Waals surface area contributed by atoms with Gasteiger partial charge in [-0.15, -0.1) is 12.4 Å². The molecule has 2 saturated heterocycles. The highest BCUT2D eigenvalue weighted by atomic mass is 35.5. The Hall–Kier alpha value is -1.38. The van der Waals surface area contributed by atoms with E-state index in [0.29, 0.717) is 32.5 Å². The van der Waals surface area contributed by atoms with Crippen molar-refractivity contribution in [2.75, 3.05) is 33.2 Å². The Labute approximate surface area is 153 Å². The van der Waals surface area contributed by atoms with E-state index >= 15 is 0 Å². The third kappa shape index (κ3) is 3.61. The summed E-state index contributed by atoms with van der Waals surface area (Å²) < 4.78 is 0. The summed E-state index contributed by atoms with van der Waals surface area (Å²) in [4.78, 5) is 40.0. The number of carbonyl (C=O) groups excluding carboxylic acids is 3. The zero-order valence-corrected chi connectivity index (χ0v) is 15.3. The zero-order valence-electron chi connectivity index (χ0n) is 14.5. The fourth-order valence-electron chi connectivity index (χ4n) is 4.04. The van der Waals surface area contributed by atoms with E-state index in [1.54, 1.807) is 7.05 Å². The number of nitrogens with one attached hydrogen (secondary N) is 2. The van der Waals surface area contributed by atoms with Crippen LogP contribution in [0, 0.1) is 5.92 Å². The second-order valence-corrected chi connectivity index (χ2v) is 7.11. The summed E-state index contributed by atoms with van der Waals surface area (Å²) in [6.07, 6.45) is 3.80. The van der Waals surface area contributed by atoms with Gasteiger partial charge >= 0.3 is 6.03 Å². The molecule has 4 amide bonds. The number of aliphatic hydroxyl groups is 1. The quantitative estimate of drug-likeness (QED) is 0.586. The molecule has 1 spiro atoms. The molecule has 3 N–H and O–H groups in total. The molecule has 2 heterocycles. The van der Waals surface area contributed by atoms with Crippen LogP contribution in [-0.4, -0.2) is 77.6 Å². The van der Waals surface area contributed by atoms with Gasteiger partial charge in [-0.3, -0.25) is 14.5 Å². The van der Waals surface area contributed by atoms with E-state index in [2.05, 4.69) is 10.6 Å². The first-order chi connectivity index (χ1) is 11.5. The standard InChI is InChI=1S/C16H26N4O4.ClH/c1-19-15(24)20(14(23)16(19)5-3-2-4-6-16)10-13(22)18-8-11-7-17-9-12(11)21;/h11-12,17,21H,2-10H2,1H3,(H,18,22);1H. The van der Waals surface area contributed by atoms with E-state index in [1.165, 1.54) is 4.90 Å². The van der Waals surface area contributed by atoms with Gasteiger partial charge in [-0.25, -0.2) is 4.79 Å². The lowest BCUT2D eigenvalue weighted by Gasteiger charge is -2.35. The largest absolute Gasteiger partial charge is 0.391 e. The van der Waals surface area contributed by atoms with Crippen LogP contribution in [0.15, 0.2) is 0 Å². The molecule has 1 saturated carbocycles. The van der Waals surface area contributed by atoms with E-state index in [9.17, 15) is 19.5 Å². The molecule has 0 aromatic heterocycles. The Bertz CT molecular complexity index is 538. The molecular weight excluding hydrogens is 348 g/mol. The molecule has 8 nitrogen and oxygen atoms in total. The van der Waals surface area contributed by atoms with Crippen molar-refractivity contribution >= 4 is 30.3 Å². The predicted octanol–water partition coefficient (Wildman–Crippen LogP) is -0.298. The number of aliphatic hydroxyl groups excluding tert-OH is 1. The van der Waals surface area contributed by atoms with E-state index in [0.717, 1.165) is 24.2 Å². The Balaban J connectivity index is 0.00000225. The number of urea groups is 1. The number of rotatable bonds is 4. The topological polar surface area (TPSA) is 102 Å². The third-order valence-electron chi connectivity index (χ3n) is 5.65. The summed E-state index contributed by atoms with van der Waals surface area (Å²) in [5, 5.41) is 15.5. The lowest BCUT2D eigenvalue weighted by molar-refractivity contribution is -0.137. The first kappa shape index (κ1) is 19.9. The highest BCUT2D eigenvalue weighted by molar-refractivity contribution is 6.08. The lowest BCUT2D eigenvalue weighted by atomic mass is 9.81. The summed E-state index contributed by atoms with van der Waals surface area (Å²) >= 11 is 0. The molecule has 2 atom stereocenters. The van der Waals surface area contributed by atoms with Gasteiger partial charge in [0.1, 0.15) is 12.1 Å². The molecule has 0 radical (unpaired) electrons. The summed E-state index contributed by atoms with van der Waals surface area (Å²) in [5.74, 6) is -0.643. The van der Waals surface area contributed by atoms with Gasteiger partial charge in [-0.05, 0) is 12.8 Å². The third-order valence-corrected chi connectivity index (χ3v) is 5.65. The maximum Gasteiger partial charge on any atom is 0.327 e. The Morgan fingerprint density at radius 1 is 1.28 bits per heavy atom. The summed E-state index contributed by atoms with van der Waals surface area (Å²) in [6.45, 7) is 1.26. The highest BCUT2D eigenvalue weighted by Crippen LogP contribution is 2.39. The number of amides is 4. The van der Waals surface area contributed by atoms with Gasteiger partial charge < -0.3 is 20.6 Å². The molecule has 2 aliphatic heterocycles. The summed E-state index contributed by atoms with van der Waals surface area (Å²) in [5.41, 5.74) is -0.749. The average Bonchev–Trinajstić information content (AvgIpc) is 3.06. The van der Waals surface area contributed by atoms with E-state index in [-0.39, 0.29) is 42.7 Å². The van der Waals surface area contributed by atoms with Crippen molar-refractivity contribution in [3.63, 3.8) is 0 Å². The van der Waals surface area contributed by atoms with Gasteiger partial charge in [0.2, 0.25) is 5.91 Å². The average molecular weight is 375 g/mol. The van der Waals surface area contributed by atoms with Crippen LogP contribution in [0.1, 0.15) is 32.1 Å². The summed E-state index contributed by atoms with van der Waals surface area (Å²) in [7, 11) is 1.66. The van der Waals surface area contributed by atoms with Gasteiger partial charge in [-0.2, -0.15) is 0 Å². The second kappa shape index (κ2) is 7.88. The Morgan fingerprint density at radius 2 is 1.96 bits per heavy atom. The van der Waals surface area contributed by atoms with Crippen LogP contribution in [0.4, 0.5) is 4.79 Å². The second-order valence-electron chi connectivity index (χ2n) is 7.11. The van der Waals surface area contributed by atoms with Gasteiger partial charge in [0.25, 0.3) is 5.91 Å². The molecule has 25 heavy (non-hydrogen) atoms. The van der Waals surface area contributed by atoms with Crippen LogP contribution in [-0.2, 0) is 9.59 Å².